The number of unbranched alkanes of at least 4 members (excludes halogenated alkanes) is 1. The average Bonchev–Trinajstić information content (AvgIpc) is 3.21. The molecule has 1 N–H and O–H groups in total. The normalized spacial score (nSPS) is 19.6. The van der Waals surface area contributed by atoms with Gasteiger partial charge in [0.25, 0.3) is 11.5 Å². The second kappa shape index (κ2) is 17.1. The van der Waals surface area contributed by atoms with Crippen molar-refractivity contribution in [2.24, 2.45) is 5.92 Å². The predicted molar refractivity (Wildman–Crippen MR) is 210 cm³/mol. The van der Waals surface area contributed by atoms with Crippen molar-refractivity contribution in [3.8, 4) is 28.4 Å². The van der Waals surface area contributed by atoms with Crippen LogP contribution in [0.3, 0.4) is 0 Å². The number of urea groups is 1. The third-order valence-corrected chi connectivity index (χ3v) is 11.1. The van der Waals surface area contributed by atoms with Gasteiger partial charge >= 0.3 is 6.03 Å². The summed E-state index contributed by atoms with van der Waals surface area (Å²) in [5, 5.41) is 3.68. The van der Waals surface area contributed by atoms with Gasteiger partial charge in [-0.2, -0.15) is 0 Å². The van der Waals surface area contributed by atoms with E-state index in [-0.39, 0.29) is 36.9 Å². The van der Waals surface area contributed by atoms with Gasteiger partial charge in [0.1, 0.15) is 18.0 Å². The topological polar surface area (TPSA) is 136 Å². The molecule has 14 heteroatoms. The number of alkyl halides is 1. The molecule has 2 unspecified atom stereocenters. The molecule has 0 spiro atoms. The molecule has 3 aliphatic rings. The molecule has 3 saturated heterocycles. The number of carbonyl (C=O) groups excluding carboxylic acids is 3. The van der Waals surface area contributed by atoms with E-state index in [4.69, 9.17) is 14.2 Å². The van der Waals surface area contributed by atoms with Crippen molar-refractivity contribution in [3.63, 3.8) is 0 Å². The van der Waals surface area contributed by atoms with Gasteiger partial charge in [0.2, 0.25) is 5.91 Å². The van der Waals surface area contributed by atoms with Crippen LogP contribution in [-0.4, -0.2) is 103 Å². The molecule has 5 heterocycles. The number of aryl methyl sites for hydroxylation is 1. The number of hydrogen-bond donors (Lipinski definition) is 1. The summed E-state index contributed by atoms with van der Waals surface area (Å²) in [6.45, 7) is 5.74. The summed E-state index contributed by atoms with van der Waals surface area (Å²) in [4.78, 5) is 60.5. The van der Waals surface area contributed by atoms with Crippen LogP contribution < -0.4 is 30.0 Å². The van der Waals surface area contributed by atoms with Gasteiger partial charge in [-0.3, -0.25) is 34.5 Å². The summed E-state index contributed by atoms with van der Waals surface area (Å²) in [7, 11) is 3.06. The number of likely N-dealkylation sites (tertiary alicyclic amines) is 2. The minimum Gasteiger partial charge on any atom is -0.495 e. The fourth-order valence-electron chi connectivity index (χ4n) is 8.00. The molecule has 2 aromatic carbocycles. The summed E-state index contributed by atoms with van der Waals surface area (Å²) in [5.41, 5.74) is 2.56. The Morgan fingerprint density at radius 3 is 2.45 bits per heavy atom. The Hall–Kier alpha value is -5.50. The zero-order valence-electron chi connectivity index (χ0n) is 32.2. The number of imide groups is 1. The number of benzene rings is 2. The highest BCUT2D eigenvalue weighted by Gasteiger charge is 2.34. The third-order valence-electron chi connectivity index (χ3n) is 11.1. The lowest BCUT2D eigenvalue weighted by molar-refractivity contribution is -0.120. The van der Waals surface area contributed by atoms with E-state index in [1.807, 2.05) is 35.4 Å². The standard InChI is InChI=1S/C42H49FN6O7/c1-4-5-16-48-25-32(30-10-15-44-23-31(30)41(48)52)28-6-9-37(38(22-28)55-3)56-35-13-17-46(26-33(35)43)24-27-11-18-47(19-12-27)40(51)29-7-8-36(54-2)34(21-29)49-20-14-39(50)45-42(49)53/h6-10,15,21-23,25,27,33,35H,4-5,11-14,16-20,24,26H2,1-3H3,(H,45,50,53). The van der Waals surface area contributed by atoms with Crippen LogP contribution in [0.15, 0.2) is 65.8 Å². The van der Waals surface area contributed by atoms with Crippen LogP contribution in [0.5, 0.6) is 17.2 Å². The van der Waals surface area contributed by atoms with Crippen LogP contribution in [0, 0.1) is 5.92 Å². The molecule has 4 aromatic rings. The lowest BCUT2D eigenvalue weighted by atomic mass is 9.94. The van der Waals surface area contributed by atoms with Crippen LogP contribution in [0.2, 0.25) is 0 Å². The summed E-state index contributed by atoms with van der Waals surface area (Å²) in [5.74, 6) is 1.25. The predicted octanol–water partition coefficient (Wildman–Crippen LogP) is 5.67. The Kier molecular flexibility index (Phi) is 11.8. The lowest BCUT2D eigenvalue weighted by Gasteiger charge is -2.39. The minimum atomic E-state index is -1.20. The van der Waals surface area contributed by atoms with Gasteiger partial charge in [-0.1, -0.05) is 19.4 Å². The minimum absolute atomic E-state index is 0.0649. The van der Waals surface area contributed by atoms with E-state index in [0.717, 1.165) is 48.7 Å². The van der Waals surface area contributed by atoms with E-state index in [0.29, 0.717) is 72.4 Å². The number of rotatable bonds is 12. The first-order chi connectivity index (χ1) is 27.2. The second-order valence-electron chi connectivity index (χ2n) is 14.8. The second-order valence-corrected chi connectivity index (χ2v) is 14.8. The zero-order chi connectivity index (χ0) is 39.3. The summed E-state index contributed by atoms with van der Waals surface area (Å²) < 4.78 is 35.0. The van der Waals surface area contributed by atoms with Gasteiger partial charge in [0.15, 0.2) is 11.5 Å². The maximum absolute atomic E-state index is 15.7. The Balaban J connectivity index is 0.942. The molecule has 56 heavy (non-hydrogen) atoms. The van der Waals surface area contributed by atoms with Gasteiger partial charge in [0, 0.05) is 82.0 Å². The molecule has 0 radical (unpaired) electrons. The molecule has 7 rings (SSSR count). The molecule has 0 aliphatic carbocycles. The third kappa shape index (κ3) is 8.20. The first-order valence-corrected chi connectivity index (χ1v) is 19.4. The smallest absolute Gasteiger partial charge is 0.328 e. The zero-order valence-corrected chi connectivity index (χ0v) is 32.2. The number of anilines is 1. The fraction of sp³-hybridized carbons (Fsp3) is 0.452. The van der Waals surface area contributed by atoms with Crippen molar-refractivity contribution in [2.75, 3.05) is 58.4 Å². The van der Waals surface area contributed by atoms with Crippen molar-refractivity contribution < 1.29 is 33.0 Å². The number of hydrogen-bond acceptors (Lipinski definition) is 9. The van der Waals surface area contributed by atoms with Crippen LogP contribution in [0.25, 0.3) is 21.9 Å². The number of ether oxygens (including phenoxy) is 3. The van der Waals surface area contributed by atoms with Gasteiger partial charge in [-0.05, 0) is 78.9 Å². The number of halogens is 1. The van der Waals surface area contributed by atoms with E-state index in [1.54, 1.807) is 42.3 Å². The molecular weight excluding hydrogens is 719 g/mol. The number of aromatic nitrogens is 2. The molecule has 296 valence electrons. The van der Waals surface area contributed by atoms with Gasteiger partial charge in [-0.25, -0.2) is 9.18 Å². The van der Waals surface area contributed by atoms with Crippen molar-refractivity contribution in [1.82, 2.24) is 24.7 Å². The Morgan fingerprint density at radius 2 is 1.71 bits per heavy atom. The van der Waals surface area contributed by atoms with E-state index < -0.39 is 18.3 Å². The van der Waals surface area contributed by atoms with Crippen LogP contribution in [0.4, 0.5) is 14.9 Å². The average molecular weight is 769 g/mol. The lowest BCUT2D eigenvalue weighted by Crippen LogP contribution is -2.50. The SMILES string of the molecule is CCCCn1cc(-c2ccc(OC3CCN(CC4CCN(C(=O)c5ccc(OC)c(N6CCC(=O)NC6=O)c5)CC4)CC3F)c(OC)c2)c2ccncc2c1=O. The van der Waals surface area contributed by atoms with E-state index >= 15 is 4.39 Å². The fourth-order valence-corrected chi connectivity index (χ4v) is 8.00. The van der Waals surface area contributed by atoms with Crippen molar-refractivity contribution in [3.05, 3.63) is 77.0 Å². The number of fused-ring (bicyclic) bond motifs is 1. The number of pyridine rings is 2. The van der Waals surface area contributed by atoms with Crippen LogP contribution in [0.1, 0.15) is 55.8 Å². The summed E-state index contributed by atoms with van der Waals surface area (Å²) in [6, 6.07) is 11.9. The Bertz CT molecular complexity index is 2150. The number of nitrogens with one attached hydrogen (secondary N) is 1. The molecule has 3 fully saturated rings. The van der Waals surface area contributed by atoms with Crippen molar-refractivity contribution >= 4 is 34.3 Å². The number of carbonyl (C=O) groups is 3. The van der Waals surface area contributed by atoms with Crippen LogP contribution in [-0.2, 0) is 11.3 Å². The highest BCUT2D eigenvalue weighted by molar-refractivity contribution is 6.07. The number of nitrogens with zero attached hydrogens (tertiary/aromatic N) is 5. The molecule has 2 atom stereocenters. The van der Waals surface area contributed by atoms with Gasteiger partial charge in [0.05, 0.1) is 25.3 Å². The number of amides is 4. The first-order valence-electron chi connectivity index (χ1n) is 19.4. The van der Waals surface area contributed by atoms with E-state index in [2.05, 4.69) is 22.1 Å². The number of piperidine rings is 2. The van der Waals surface area contributed by atoms with Crippen molar-refractivity contribution in [1.29, 1.82) is 0 Å². The molecule has 3 aliphatic heterocycles. The Labute approximate surface area is 325 Å². The van der Waals surface area contributed by atoms with E-state index in [9.17, 15) is 19.2 Å². The molecular formula is C42H49FN6O7. The quantitative estimate of drug-likeness (QED) is 0.194. The molecule has 4 amide bonds. The summed E-state index contributed by atoms with van der Waals surface area (Å²) >= 11 is 0. The van der Waals surface area contributed by atoms with Crippen molar-refractivity contribution in [2.45, 2.75) is 64.3 Å². The highest BCUT2D eigenvalue weighted by Crippen LogP contribution is 2.37. The summed E-state index contributed by atoms with van der Waals surface area (Å²) in [6.07, 6.45) is 7.48. The molecule has 2 aromatic heterocycles. The maximum atomic E-state index is 15.7. The van der Waals surface area contributed by atoms with E-state index in [1.165, 1.54) is 12.0 Å². The number of methoxy groups -OCH3 is 2. The van der Waals surface area contributed by atoms with Gasteiger partial charge in [-0.15, -0.1) is 0 Å². The van der Waals surface area contributed by atoms with Crippen LogP contribution >= 0.6 is 0 Å². The van der Waals surface area contributed by atoms with Gasteiger partial charge < -0.3 is 23.7 Å². The largest absolute Gasteiger partial charge is 0.495 e. The molecule has 0 bridgehead atoms. The highest BCUT2D eigenvalue weighted by atomic mass is 19.1. The monoisotopic (exact) mass is 768 g/mol. The first kappa shape index (κ1) is 38.8. The molecule has 0 saturated carbocycles. The Morgan fingerprint density at radius 1 is 0.929 bits per heavy atom. The maximum Gasteiger partial charge on any atom is 0.328 e. The molecule has 13 nitrogen and oxygen atoms in total.